The summed E-state index contributed by atoms with van der Waals surface area (Å²) in [5, 5.41) is 3.07. The molecule has 0 spiro atoms. The maximum Gasteiger partial charge on any atom is 0.472 e. The molecule has 0 aromatic rings. The van der Waals surface area contributed by atoms with Gasteiger partial charge in [-0.1, -0.05) is 295 Å². The van der Waals surface area contributed by atoms with Crippen molar-refractivity contribution >= 4 is 19.7 Å². The number of hydrogen-bond donors (Lipinski definition) is 2. The number of allylic oxidation sites excluding steroid dienone is 5. The van der Waals surface area contributed by atoms with Crippen LogP contribution in [-0.2, 0) is 27.9 Å². The highest BCUT2D eigenvalue weighted by Crippen LogP contribution is 2.43. The molecule has 0 bridgehead atoms. The van der Waals surface area contributed by atoms with Gasteiger partial charge in [-0.2, -0.15) is 0 Å². The van der Waals surface area contributed by atoms with Crippen molar-refractivity contribution in [3.63, 3.8) is 0 Å². The number of nitrogens with one attached hydrogen (secondary N) is 1. The van der Waals surface area contributed by atoms with Crippen LogP contribution in [0.15, 0.2) is 36.5 Å². The lowest BCUT2D eigenvalue weighted by Gasteiger charge is -2.27. The first-order valence-corrected chi connectivity index (χ1v) is 35.3. The van der Waals surface area contributed by atoms with Gasteiger partial charge in [0.25, 0.3) is 0 Å². The van der Waals surface area contributed by atoms with Crippen molar-refractivity contribution in [1.29, 1.82) is 0 Å². The third-order valence-electron chi connectivity index (χ3n) is 15.3. The van der Waals surface area contributed by atoms with Crippen molar-refractivity contribution in [2.45, 2.75) is 348 Å². The minimum atomic E-state index is -4.45. The zero-order valence-electron chi connectivity index (χ0n) is 52.7. The number of carbonyl (C=O) groups excluding carboxylic acids is 2. The molecule has 0 aliphatic carbocycles. The first-order valence-electron chi connectivity index (χ1n) is 33.8. The Hall–Kier alpha value is -1.77. The minimum Gasteiger partial charge on any atom is -0.456 e. The average Bonchev–Trinajstić information content (AvgIpc) is 3.40. The van der Waals surface area contributed by atoms with Crippen molar-refractivity contribution < 1.29 is 37.3 Å². The van der Waals surface area contributed by atoms with E-state index in [0.29, 0.717) is 23.9 Å². The number of phosphoric acid groups is 1. The quantitative estimate of drug-likeness (QED) is 0.0205. The lowest BCUT2D eigenvalue weighted by molar-refractivity contribution is -0.870. The Morgan fingerprint density at radius 2 is 0.782 bits per heavy atom. The molecule has 0 fully saturated rings. The highest BCUT2D eigenvalue weighted by molar-refractivity contribution is 7.47. The Morgan fingerprint density at radius 3 is 1.18 bits per heavy atom. The maximum absolute atomic E-state index is 13.6. The fraction of sp³-hybridized carbons (Fsp3) is 0.882. The molecule has 0 rings (SSSR count). The highest BCUT2D eigenvalue weighted by Gasteiger charge is 2.30. The zero-order chi connectivity index (χ0) is 57.2. The summed E-state index contributed by atoms with van der Waals surface area (Å²) in [5.41, 5.74) is 0. The lowest BCUT2D eigenvalue weighted by Crippen LogP contribution is -2.47. The molecule has 0 saturated carbocycles. The standard InChI is InChI=1S/C68H131N2O7P/c1-7-10-13-16-19-22-25-28-30-32-33-34-35-36-37-38-40-43-46-49-52-55-58-61-68(72)77-66(59-56-53-50-47-44-41-27-24-21-18-15-12-9-3)65(64-76-78(73,74)75-63-62-70(4,5)6)69-67(71)60-57-54-51-48-45-42-39-31-29-26-23-20-17-14-11-8-2/h19,22,28,30,56,59,65-66H,7-18,20-21,23-27,29,31-55,57-58,60-64H2,1-6H3,(H-,69,71,73,74)/p+1/b22-19-,30-28-,59-56+. The van der Waals surface area contributed by atoms with Crippen LogP contribution in [0.3, 0.4) is 0 Å². The molecule has 0 saturated heterocycles. The van der Waals surface area contributed by atoms with Gasteiger partial charge in [-0.05, 0) is 63.9 Å². The van der Waals surface area contributed by atoms with Crippen LogP contribution in [0.1, 0.15) is 335 Å². The minimum absolute atomic E-state index is 0.0433. The summed E-state index contributed by atoms with van der Waals surface area (Å²) in [6.07, 6.45) is 71.4. The van der Waals surface area contributed by atoms with Gasteiger partial charge < -0.3 is 19.4 Å². The van der Waals surface area contributed by atoms with Gasteiger partial charge >= 0.3 is 13.8 Å². The number of quaternary nitrogens is 1. The smallest absolute Gasteiger partial charge is 0.456 e. The molecule has 0 aliphatic rings. The number of esters is 1. The average molecular weight is 1120 g/mol. The molecular formula is C68H132N2O7P+. The first kappa shape index (κ1) is 76.2. The van der Waals surface area contributed by atoms with Gasteiger partial charge in [0, 0.05) is 12.8 Å². The first-order chi connectivity index (χ1) is 37.9. The summed E-state index contributed by atoms with van der Waals surface area (Å²) in [5.74, 6) is -0.487. The number of nitrogens with zero attached hydrogens (tertiary/aromatic N) is 1. The molecule has 78 heavy (non-hydrogen) atoms. The van der Waals surface area contributed by atoms with Crippen LogP contribution >= 0.6 is 7.82 Å². The van der Waals surface area contributed by atoms with Crippen LogP contribution in [-0.4, -0.2) is 74.3 Å². The summed E-state index contributed by atoms with van der Waals surface area (Å²) in [7, 11) is 1.51. The van der Waals surface area contributed by atoms with Gasteiger partial charge in [0.1, 0.15) is 19.3 Å². The third kappa shape index (κ3) is 58.9. The number of rotatable bonds is 62. The summed E-state index contributed by atoms with van der Waals surface area (Å²) in [4.78, 5) is 37.8. The van der Waals surface area contributed by atoms with E-state index in [9.17, 15) is 19.0 Å². The van der Waals surface area contributed by atoms with Crippen LogP contribution in [0, 0.1) is 0 Å². The van der Waals surface area contributed by atoms with Gasteiger partial charge in [-0.15, -0.1) is 0 Å². The molecule has 460 valence electrons. The molecule has 0 radical (unpaired) electrons. The molecule has 10 heteroatoms. The second-order valence-electron chi connectivity index (χ2n) is 24.4. The SMILES string of the molecule is CCCCC/C=C\C/C=C\CCCCCCCCCCCCCCCC(=O)OC(/C=C/CCCCCCCCCCCCC)C(COP(=O)(O)OCC[N+](C)(C)C)NC(=O)CCCCCCCCCCCCCCCCCC. The number of hydrogen-bond acceptors (Lipinski definition) is 6. The molecule has 3 unspecified atom stereocenters. The predicted molar refractivity (Wildman–Crippen MR) is 337 cm³/mol. The van der Waals surface area contributed by atoms with E-state index in [-0.39, 0.29) is 25.1 Å². The molecular weight excluding hydrogens is 988 g/mol. The van der Waals surface area contributed by atoms with Crippen molar-refractivity contribution in [3.8, 4) is 0 Å². The van der Waals surface area contributed by atoms with Crippen LogP contribution in [0.25, 0.3) is 0 Å². The number of likely N-dealkylation sites (N-methyl/N-ethyl adjacent to an activating group) is 1. The molecule has 3 atom stereocenters. The van der Waals surface area contributed by atoms with Crippen molar-refractivity contribution in [2.24, 2.45) is 0 Å². The monoisotopic (exact) mass is 1120 g/mol. The number of carbonyl (C=O) groups is 2. The summed E-state index contributed by atoms with van der Waals surface area (Å²) < 4.78 is 30.8. The van der Waals surface area contributed by atoms with Crippen LogP contribution in [0.2, 0.25) is 0 Å². The summed E-state index contributed by atoms with van der Waals surface area (Å²) in [6.45, 7) is 7.04. The van der Waals surface area contributed by atoms with E-state index in [1.54, 1.807) is 0 Å². The molecule has 9 nitrogen and oxygen atoms in total. The lowest BCUT2D eigenvalue weighted by atomic mass is 10.0. The van der Waals surface area contributed by atoms with Crippen LogP contribution in [0.5, 0.6) is 0 Å². The van der Waals surface area contributed by atoms with Gasteiger partial charge in [0.2, 0.25) is 5.91 Å². The second kappa shape index (κ2) is 58.4. The molecule has 0 aromatic heterocycles. The van der Waals surface area contributed by atoms with E-state index >= 15 is 0 Å². The Kier molecular flexibility index (Phi) is 57.1. The predicted octanol–water partition coefficient (Wildman–Crippen LogP) is 21.1. The molecule has 2 N–H and O–H groups in total. The Labute approximate surface area is 485 Å². The Bertz CT molecular complexity index is 1430. The Balaban J connectivity index is 5.13. The fourth-order valence-electron chi connectivity index (χ4n) is 10.1. The zero-order valence-corrected chi connectivity index (χ0v) is 53.6. The third-order valence-corrected chi connectivity index (χ3v) is 16.3. The molecule has 0 heterocycles. The van der Waals surface area contributed by atoms with Gasteiger partial charge in [-0.3, -0.25) is 18.6 Å². The highest BCUT2D eigenvalue weighted by atomic mass is 31.2. The van der Waals surface area contributed by atoms with E-state index in [1.165, 1.54) is 238 Å². The number of amides is 1. The van der Waals surface area contributed by atoms with E-state index in [0.717, 1.165) is 64.2 Å². The van der Waals surface area contributed by atoms with Crippen molar-refractivity contribution in [1.82, 2.24) is 5.32 Å². The fourth-order valence-corrected chi connectivity index (χ4v) is 10.8. The number of phosphoric ester groups is 1. The van der Waals surface area contributed by atoms with Crippen molar-refractivity contribution in [3.05, 3.63) is 36.5 Å². The van der Waals surface area contributed by atoms with Gasteiger partial charge in [0.05, 0.1) is 33.8 Å². The molecule has 0 aliphatic heterocycles. The molecule has 1 amide bonds. The largest absolute Gasteiger partial charge is 0.472 e. The van der Waals surface area contributed by atoms with Crippen LogP contribution < -0.4 is 5.32 Å². The van der Waals surface area contributed by atoms with E-state index in [1.807, 2.05) is 33.3 Å². The van der Waals surface area contributed by atoms with Crippen LogP contribution in [0.4, 0.5) is 0 Å². The second-order valence-corrected chi connectivity index (χ2v) is 25.8. The topological polar surface area (TPSA) is 111 Å². The van der Waals surface area contributed by atoms with E-state index in [2.05, 4.69) is 50.4 Å². The van der Waals surface area contributed by atoms with Crippen molar-refractivity contribution in [2.75, 3.05) is 40.9 Å². The van der Waals surface area contributed by atoms with Gasteiger partial charge in [-0.25, -0.2) is 4.57 Å². The maximum atomic E-state index is 13.6. The number of unbranched alkanes of at least 4 members (excludes halogenated alkanes) is 42. The van der Waals surface area contributed by atoms with Gasteiger partial charge in [0.15, 0.2) is 0 Å². The molecule has 0 aromatic carbocycles. The Morgan fingerprint density at radius 1 is 0.449 bits per heavy atom. The van der Waals surface area contributed by atoms with E-state index < -0.39 is 20.0 Å². The van der Waals surface area contributed by atoms with E-state index in [4.69, 9.17) is 13.8 Å². The number of ether oxygens (including phenoxy) is 1. The summed E-state index contributed by atoms with van der Waals surface area (Å²) >= 11 is 0. The summed E-state index contributed by atoms with van der Waals surface area (Å²) in [6, 6.07) is -0.844. The normalized spacial score (nSPS) is 13.8.